The average molecular weight is 433 g/mol. The van der Waals surface area contributed by atoms with Crippen molar-refractivity contribution in [2.24, 2.45) is 0 Å². The van der Waals surface area contributed by atoms with E-state index in [1.165, 1.54) is 18.2 Å². The topological polar surface area (TPSA) is 105 Å². The number of rotatable bonds is 6. The Labute approximate surface area is 180 Å². The van der Waals surface area contributed by atoms with Gasteiger partial charge >= 0.3 is 0 Å². The molecule has 0 atom stereocenters. The van der Waals surface area contributed by atoms with Crippen LogP contribution in [-0.4, -0.2) is 8.42 Å². The minimum Gasteiger partial charge on any atom is -0.453 e. The highest BCUT2D eigenvalue weighted by atomic mass is 32.2. The van der Waals surface area contributed by atoms with Crippen LogP contribution < -0.4 is 20.9 Å². The molecule has 4 aromatic rings. The monoisotopic (exact) mass is 432 g/mol. The lowest BCUT2D eigenvalue weighted by Gasteiger charge is -2.17. The van der Waals surface area contributed by atoms with Crippen molar-refractivity contribution < 1.29 is 17.9 Å². The van der Waals surface area contributed by atoms with Crippen LogP contribution in [0.25, 0.3) is 0 Å². The molecule has 6 nitrogen and oxygen atoms in total. The number of hydrogen-bond donors (Lipinski definition) is 2. The van der Waals surface area contributed by atoms with Crippen molar-refractivity contribution in [3.8, 4) is 23.0 Å². The maximum atomic E-state index is 13.4. The summed E-state index contributed by atoms with van der Waals surface area (Å²) in [6.07, 6.45) is 0. The molecule has 31 heavy (non-hydrogen) atoms. The van der Waals surface area contributed by atoms with Gasteiger partial charge in [-0.25, -0.2) is 8.42 Å². The van der Waals surface area contributed by atoms with Crippen molar-refractivity contribution in [1.29, 1.82) is 0 Å². The SMILES string of the molecule is Nc1cccc(Oc2cccc(S(=O)(=O)c3ccccc3)c2Oc2cccc(N)c2)c1. The van der Waals surface area contributed by atoms with Gasteiger partial charge in [0.1, 0.15) is 16.4 Å². The quantitative estimate of drug-likeness (QED) is 0.402. The van der Waals surface area contributed by atoms with Crippen molar-refractivity contribution in [3.05, 3.63) is 97.1 Å². The van der Waals surface area contributed by atoms with Crippen LogP contribution in [0.3, 0.4) is 0 Å². The molecule has 4 rings (SSSR count). The van der Waals surface area contributed by atoms with Gasteiger partial charge in [0.2, 0.25) is 9.84 Å². The second-order valence-corrected chi connectivity index (χ2v) is 8.67. The van der Waals surface area contributed by atoms with Gasteiger partial charge in [-0.1, -0.05) is 36.4 Å². The van der Waals surface area contributed by atoms with Crippen LogP contribution in [0.1, 0.15) is 0 Å². The third-order valence-corrected chi connectivity index (χ3v) is 6.24. The van der Waals surface area contributed by atoms with Crippen LogP contribution in [0.15, 0.2) is 107 Å². The number of nitrogen functional groups attached to an aromatic ring is 2. The minimum absolute atomic E-state index is 0.0254. The molecule has 4 N–H and O–H groups in total. The molecule has 0 amide bonds. The van der Waals surface area contributed by atoms with Crippen LogP contribution in [0.2, 0.25) is 0 Å². The summed E-state index contributed by atoms with van der Waals surface area (Å²) in [7, 11) is -3.88. The van der Waals surface area contributed by atoms with E-state index in [9.17, 15) is 8.42 Å². The van der Waals surface area contributed by atoms with Gasteiger partial charge in [-0.3, -0.25) is 0 Å². The van der Waals surface area contributed by atoms with Crippen molar-refractivity contribution in [1.82, 2.24) is 0 Å². The number of nitrogens with two attached hydrogens (primary N) is 2. The normalized spacial score (nSPS) is 11.1. The fourth-order valence-electron chi connectivity index (χ4n) is 3.02. The van der Waals surface area contributed by atoms with Gasteiger partial charge in [-0.2, -0.15) is 0 Å². The van der Waals surface area contributed by atoms with E-state index in [2.05, 4.69) is 0 Å². The number of para-hydroxylation sites is 1. The summed E-state index contributed by atoms with van der Waals surface area (Å²) in [5.41, 5.74) is 12.7. The minimum atomic E-state index is -3.88. The lowest BCUT2D eigenvalue weighted by Crippen LogP contribution is -2.05. The van der Waals surface area contributed by atoms with Crippen LogP contribution in [0, 0.1) is 0 Å². The average Bonchev–Trinajstić information content (AvgIpc) is 2.75. The Hall–Kier alpha value is -3.97. The molecule has 0 aliphatic heterocycles. The van der Waals surface area contributed by atoms with Gasteiger partial charge in [0.25, 0.3) is 0 Å². The zero-order valence-corrected chi connectivity index (χ0v) is 17.3. The Kier molecular flexibility index (Phi) is 5.51. The fourth-order valence-corrected chi connectivity index (χ4v) is 4.43. The zero-order chi connectivity index (χ0) is 21.8. The molecule has 0 fully saturated rings. The van der Waals surface area contributed by atoms with E-state index < -0.39 is 9.84 Å². The van der Waals surface area contributed by atoms with E-state index in [4.69, 9.17) is 20.9 Å². The summed E-state index contributed by atoms with van der Waals surface area (Å²) in [6, 6.07) is 26.4. The predicted molar refractivity (Wildman–Crippen MR) is 120 cm³/mol. The highest BCUT2D eigenvalue weighted by molar-refractivity contribution is 7.91. The molecule has 0 heterocycles. The third kappa shape index (κ3) is 4.46. The van der Waals surface area contributed by atoms with Gasteiger partial charge in [-0.05, 0) is 48.5 Å². The predicted octanol–water partition coefficient (Wildman–Crippen LogP) is 5.27. The van der Waals surface area contributed by atoms with Gasteiger partial charge in [0, 0.05) is 23.5 Å². The highest BCUT2D eigenvalue weighted by Crippen LogP contribution is 2.42. The maximum Gasteiger partial charge on any atom is 0.210 e. The molecule has 0 saturated heterocycles. The lowest BCUT2D eigenvalue weighted by atomic mass is 10.2. The molecular weight excluding hydrogens is 412 g/mol. The first-order chi connectivity index (χ1) is 14.9. The molecule has 0 aliphatic carbocycles. The first kappa shape index (κ1) is 20.3. The molecule has 0 saturated carbocycles. The second-order valence-electron chi connectivity index (χ2n) is 6.75. The summed E-state index contributed by atoms with van der Waals surface area (Å²) in [5, 5.41) is 0. The first-order valence-corrected chi connectivity index (χ1v) is 10.9. The summed E-state index contributed by atoms with van der Waals surface area (Å²) in [6.45, 7) is 0. The van der Waals surface area contributed by atoms with Crippen molar-refractivity contribution in [2.45, 2.75) is 9.79 Å². The second kappa shape index (κ2) is 8.41. The molecular formula is C24H20N2O4S. The Morgan fingerprint density at radius 3 is 1.81 bits per heavy atom. The van der Waals surface area contributed by atoms with Crippen molar-refractivity contribution >= 4 is 21.2 Å². The number of sulfone groups is 1. The van der Waals surface area contributed by atoms with E-state index in [1.54, 1.807) is 78.9 Å². The van der Waals surface area contributed by atoms with Gasteiger partial charge < -0.3 is 20.9 Å². The number of hydrogen-bond acceptors (Lipinski definition) is 6. The summed E-state index contributed by atoms with van der Waals surface area (Å²) in [4.78, 5) is 0.121. The summed E-state index contributed by atoms with van der Waals surface area (Å²) < 4.78 is 38.8. The van der Waals surface area contributed by atoms with Crippen LogP contribution in [0.5, 0.6) is 23.0 Å². The molecule has 0 aliphatic rings. The lowest BCUT2D eigenvalue weighted by molar-refractivity contribution is 0.409. The molecule has 156 valence electrons. The Balaban J connectivity index is 1.86. The van der Waals surface area contributed by atoms with Crippen LogP contribution in [-0.2, 0) is 9.84 Å². The van der Waals surface area contributed by atoms with Crippen LogP contribution in [0.4, 0.5) is 11.4 Å². The Bertz CT molecular complexity index is 1320. The van der Waals surface area contributed by atoms with Crippen LogP contribution >= 0.6 is 0 Å². The van der Waals surface area contributed by atoms with E-state index in [0.717, 1.165) is 0 Å². The van der Waals surface area contributed by atoms with Crippen molar-refractivity contribution in [3.63, 3.8) is 0 Å². The first-order valence-electron chi connectivity index (χ1n) is 9.43. The Morgan fingerprint density at radius 1 is 0.613 bits per heavy atom. The molecule has 0 unspecified atom stereocenters. The fraction of sp³-hybridized carbons (Fsp3) is 0. The van der Waals surface area contributed by atoms with Gasteiger partial charge in [0.15, 0.2) is 11.5 Å². The van der Waals surface area contributed by atoms with Gasteiger partial charge in [0.05, 0.1) is 4.90 Å². The van der Waals surface area contributed by atoms with E-state index >= 15 is 0 Å². The molecule has 0 spiro atoms. The van der Waals surface area contributed by atoms with E-state index in [-0.39, 0.29) is 21.3 Å². The smallest absolute Gasteiger partial charge is 0.210 e. The molecule has 0 bridgehead atoms. The molecule has 0 radical (unpaired) electrons. The van der Waals surface area contributed by atoms with E-state index in [0.29, 0.717) is 22.9 Å². The molecule has 0 aromatic heterocycles. The highest BCUT2D eigenvalue weighted by Gasteiger charge is 2.26. The number of benzene rings is 4. The summed E-state index contributed by atoms with van der Waals surface area (Å²) >= 11 is 0. The maximum absolute atomic E-state index is 13.4. The Morgan fingerprint density at radius 2 is 1.19 bits per heavy atom. The van der Waals surface area contributed by atoms with E-state index in [1.807, 2.05) is 0 Å². The largest absolute Gasteiger partial charge is 0.453 e. The third-order valence-electron chi connectivity index (χ3n) is 4.45. The summed E-state index contributed by atoms with van der Waals surface area (Å²) in [5.74, 6) is 1.12. The molecule has 7 heteroatoms. The zero-order valence-electron chi connectivity index (χ0n) is 16.4. The standard InChI is InChI=1S/C24H20N2O4S/c25-17-7-4-9-19(15-17)29-22-13-6-14-23(31(27,28)21-11-2-1-3-12-21)24(22)30-20-10-5-8-18(26)16-20/h1-16H,25-26H2. The van der Waals surface area contributed by atoms with Gasteiger partial charge in [-0.15, -0.1) is 0 Å². The molecule has 4 aromatic carbocycles. The van der Waals surface area contributed by atoms with Crippen molar-refractivity contribution in [2.75, 3.05) is 11.5 Å². The number of ether oxygens (including phenoxy) is 2. The number of anilines is 2.